The fourth-order valence-electron chi connectivity index (χ4n) is 3.27. The van der Waals surface area contributed by atoms with Gasteiger partial charge in [0.05, 0.1) is 17.8 Å². The summed E-state index contributed by atoms with van der Waals surface area (Å²) in [5, 5.41) is 11.0. The number of nitrogens with one attached hydrogen (secondary N) is 2. The van der Waals surface area contributed by atoms with Crippen molar-refractivity contribution in [3.63, 3.8) is 0 Å². The number of aromatic nitrogens is 2. The molecule has 24 heavy (non-hydrogen) atoms. The van der Waals surface area contributed by atoms with Crippen LogP contribution in [0.1, 0.15) is 64.3 Å². The van der Waals surface area contributed by atoms with Crippen molar-refractivity contribution in [2.75, 3.05) is 20.3 Å². The smallest absolute Gasteiger partial charge is 0.236 e. The van der Waals surface area contributed by atoms with E-state index in [1.165, 1.54) is 11.3 Å². The molecule has 6 heteroatoms. The summed E-state index contributed by atoms with van der Waals surface area (Å²) in [5.74, 6) is 0.0430. The molecule has 2 atom stereocenters. The van der Waals surface area contributed by atoms with Crippen LogP contribution in [0.3, 0.4) is 0 Å². The maximum Gasteiger partial charge on any atom is 0.236 e. The molecule has 1 amide bonds. The first-order valence-electron chi connectivity index (χ1n) is 8.94. The summed E-state index contributed by atoms with van der Waals surface area (Å²) in [6.45, 7) is 9.76. The van der Waals surface area contributed by atoms with Crippen LogP contribution in [0.2, 0.25) is 0 Å². The minimum Gasteiger partial charge on any atom is -0.385 e. The predicted octanol–water partition coefficient (Wildman–Crippen LogP) is 2.15. The number of ether oxygens (including phenoxy) is 1. The van der Waals surface area contributed by atoms with Gasteiger partial charge in [-0.1, -0.05) is 0 Å². The molecule has 0 bridgehead atoms. The standard InChI is InChI=1S/C18H32N4O2/c1-13(17(23)19-10-7-11-24-5)21-15-8-6-9-16-14(15)12-20-22(16)18(2,3)4/h12-13,15,21H,6-11H2,1-5H3,(H,19,23)/t13-,15+/m1/s1. The van der Waals surface area contributed by atoms with E-state index in [1.807, 2.05) is 13.1 Å². The number of fused-ring (bicyclic) bond motifs is 1. The molecule has 2 N–H and O–H groups in total. The molecule has 0 aromatic carbocycles. The Morgan fingerprint density at radius 2 is 2.25 bits per heavy atom. The summed E-state index contributed by atoms with van der Waals surface area (Å²) in [6.07, 6.45) is 6.03. The van der Waals surface area contributed by atoms with Crippen molar-refractivity contribution in [2.24, 2.45) is 0 Å². The maximum absolute atomic E-state index is 12.2. The molecule has 1 heterocycles. The van der Waals surface area contributed by atoms with E-state index in [2.05, 4.69) is 41.2 Å². The molecule has 0 saturated heterocycles. The van der Waals surface area contributed by atoms with Crippen LogP contribution in [0.15, 0.2) is 6.20 Å². The van der Waals surface area contributed by atoms with Crippen molar-refractivity contribution in [1.29, 1.82) is 0 Å². The quantitative estimate of drug-likeness (QED) is 0.749. The van der Waals surface area contributed by atoms with E-state index in [-0.39, 0.29) is 23.5 Å². The minimum absolute atomic E-state index is 0.0141. The molecule has 0 radical (unpaired) electrons. The van der Waals surface area contributed by atoms with Crippen LogP contribution in [-0.4, -0.2) is 42.0 Å². The SMILES string of the molecule is COCCCNC(=O)[C@@H](C)N[C@H]1CCCc2c1cnn2C(C)(C)C. The molecule has 0 spiro atoms. The Balaban J connectivity index is 1.97. The van der Waals surface area contributed by atoms with E-state index >= 15 is 0 Å². The van der Waals surface area contributed by atoms with Gasteiger partial charge in [0.1, 0.15) is 0 Å². The molecule has 0 unspecified atom stereocenters. The van der Waals surface area contributed by atoms with Gasteiger partial charge in [-0.2, -0.15) is 5.10 Å². The van der Waals surface area contributed by atoms with Gasteiger partial charge in [-0.15, -0.1) is 0 Å². The van der Waals surface area contributed by atoms with Crippen LogP contribution in [-0.2, 0) is 21.5 Å². The van der Waals surface area contributed by atoms with Crippen LogP contribution < -0.4 is 10.6 Å². The normalized spacial score (nSPS) is 19.0. The van der Waals surface area contributed by atoms with Crippen molar-refractivity contribution >= 4 is 5.91 Å². The van der Waals surface area contributed by atoms with Crippen LogP contribution in [0, 0.1) is 0 Å². The molecule has 6 nitrogen and oxygen atoms in total. The van der Waals surface area contributed by atoms with Crippen LogP contribution >= 0.6 is 0 Å². The van der Waals surface area contributed by atoms with Crippen molar-refractivity contribution in [1.82, 2.24) is 20.4 Å². The lowest BCUT2D eigenvalue weighted by Crippen LogP contribution is -2.44. The van der Waals surface area contributed by atoms with Gasteiger partial charge in [-0.05, 0) is 53.4 Å². The van der Waals surface area contributed by atoms with Crippen molar-refractivity contribution < 1.29 is 9.53 Å². The highest BCUT2D eigenvalue weighted by atomic mass is 16.5. The molecular formula is C18H32N4O2. The largest absolute Gasteiger partial charge is 0.385 e. The van der Waals surface area contributed by atoms with Gasteiger partial charge >= 0.3 is 0 Å². The van der Waals surface area contributed by atoms with Crippen LogP contribution in [0.4, 0.5) is 0 Å². The number of carbonyl (C=O) groups is 1. The molecule has 136 valence electrons. The highest BCUT2D eigenvalue weighted by Gasteiger charge is 2.29. The Hall–Kier alpha value is -1.40. The van der Waals surface area contributed by atoms with E-state index in [0.29, 0.717) is 13.2 Å². The van der Waals surface area contributed by atoms with Gasteiger partial charge in [-0.3, -0.25) is 14.8 Å². The Bertz CT molecular complexity index is 548. The Morgan fingerprint density at radius 3 is 2.92 bits per heavy atom. The summed E-state index contributed by atoms with van der Waals surface area (Å²) >= 11 is 0. The first-order valence-corrected chi connectivity index (χ1v) is 8.94. The number of rotatable bonds is 7. The lowest BCUT2D eigenvalue weighted by atomic mass is 9.91. The topological polar surface area (TPSA) is 68.2 Å². The van der Waals surface area contributed by atoms with Crippen molar-refractivity contribution in [3.8, 4) is 0 Å². The summed E-state index contributed by atoms with van der Waals surface area (Å²) in [5.41, 5.74) is 2.54. The van der Waals surface area contributed by atoms with Gasteiger partial charge in [0.25, 0.3) is 0 Å². The zero-order chi connectivity index (χ0) is 17.7. The van der Waals surface area contributed by atoms with E-state index < -0.39 is 0 Å². The average Bonchev–Trinajstić information content (AvgIpc) is 2.96. The summed E-state index contributed by atoms with van der Waals surface area (Å²) in [7, 11) is 1.67. The van der Waals surface area contributed by atoms with E-state index in [1.54, 1.807) is 7.11 Å². The first kappa shape index (κ1) is 18.9. The predicted molar refractivity (Wildman–Crippen MR) is 95.0 cm³/mol. The number of hydrogen-bond acceptors (Lipinski definition) is 4. The van der Waals surface area contributed by atoms with E-state index in [9.17, 15) is 4.79 Å². The average molecular weight is 336 g/mol. The Kier molecular flexibility index (Phi) is 6.40. The summed E-state index contributed by atoms with van der Waals surface area (Å²) in [6, 6.07) is -0.0222. The third-order valence-corrected chi connectivity index (χ3v) is 4.49. The summed E-state index contributed by atoms with van der Waals surface area (Å²) in [4.78, 5) is 12.2. The Labute approximate surface area is 145 Å². The molecular weight excluding hydrogens is 304 g/mol. The molecule has 0 aliphatic heterocycles. The third-order valence-electron chi connectivity index (χ3n) is 4.49. The molecule has 1 aromatic rings. The highest BCUT2D eigenvalue weighted by Crippen LogP contribution is 2.32. The van der Waals surface area contributed by atoms with Gasteiger partial charge in [0.2, 0.25) is 5.91 Å². The van der Waals surface area contributed by atoms with Gasteiger partial charge < -0.3 is 10.1 Å². The lowest BCUT2D eigenvalue weighted by Gasteiger charge is -2.29. The number of methoxy groups -OCH3 is 1. The zero-order valence-corrected chi connectivity index (χ0v) is 15.7. The third kappa shape index (κ3) is 4.57. The highest BCUT2D eigenvalue weighted by molar-refractivity contribution is 5.81. The van der Waals surface area contributed by atoms with Crippen LogP contribution in [0.25, 0.3) is 0 Å². The van der Waals surface area contributed by atoms with Gasteiger partial charge in [0, 0.05) is 37.6 Å². The zero-order valence-electron chi connectivity index (χ0n) is 15.7. The molecule has 1 aromatic heterocycles. The molecule has 1 aliphatic carbocycles. The minimum atomic E-state index is -0.221. The van der Waals surface area contributed by atoms with E-state index in [0.717, 1.165) is 25.7 Å². The number of hydrogen-bond donors (Lipinski definition) is 2. The molecule has 0 saturated carbocycles. The number of carbonyl (C=O) groups excluding carboxylic acids is 1. The van der Waals surface area contributed by atoms with Crippen molar-refractivity contribution in [3.05, 3.63) is 17.5 Å². The second kappa shape index (κ2) is 8.12. The second-order valence-corrected chi connectivity index (χ2v) is 7.60. The molecule has 0 fully saturated rings. The summed E-state index contributed by atoms with van der Waals surface area (Å²) < 4.78 is 7.13. The molecule has 1 aliphatic rings. The van der Waals surface area contributed by atoms with Gasteiger partial charge in [0.15, 0.2) is 0 Å². The Morgan fingerprint density at radius 1 is 1.50 bits per heavy atom. The number of amides is 1. The fourth-order valence-corrected chi connectivity index (χ4v) is 3.27. The van der Waals surface area contributed by atoms with Gasteiger partial charge in [-0.25, -0.2) is 0 Å². The lowest BCUT2D eigenvalue weighted by molar-refractivity contribution is -0.123. The van der Waals surface area contributed by atoms with E-state index in [4.69, 9.17) is 4.74 Å². The second-order valence-electron chi connectivity index (χ2n) is 7.60. The fraction of sp³-hybridized carbons (Fsp3) is 0.778. The van der Waals surface area contributed by atoms with Crippen molar-refractivity contribution in [2.45, 2.75) is 71.0 Å². The monoisotopic (exact) mass is 336 g/mol. The maximum atomic E-state index is 12.2. The number of nitrogens with zero attached hydrogens (tertiary/aromatic N) is 2. The van der Waals surface area contributed by atoms with Crippen LogP contribution in [0.5, 0.6) is 0 Å². The first-order chi connectivity index (χ1) is 11.3. The molecule has 2 rings (SSSR count).